The predicted molar refractivity (Wildman–Crippen MR) is 134 cm³/mol. The Morgan fingerprint density at radius 2 is 1.79 bits per heavy atom. The smallest absolute Gasteiger partial charge is 0.269 e. The molecule has 0 atom stereocenters. The highest BCUT2D eigenvalue weighted by Gasteiger charge is 2.10. The van der Waals surface area contributed by atoms with Crippen LogP contribution in [0.15, 0.2) is 80.9 Å². The van der Waals surface area contributed by atoms with Crippen LogP contribution >= 0.6 is 34.9 Å². The first-order valence-corrected chi connectivity index (χ1v) is 12.6. The Balaban J connectivity index is 1.29. The third-order valence-corrected chi connectivity index (χ3v) is 7.58. The number of rotatable bonds is 9. The van der Waals surface area contributed by atoms with Crippen LogP contribution in [0.4, 0.5) is 11.4 Å². The van der Waals surface area contributed by atoms with Crippen molar-refractivity contribution in [2.75, 3.05) is 17.7 Å². The van der Waals surface area contributed by atoms with Crippen LogP contribution in [-0.4, -0.2) is 28.2 Å². The molecule has 0 unspecified atom stereocenters. The van der Waals surface area contributed by atoms with Gasteiger partial charge in [-0.05, 0) is 61.5 Å². The van der Waals surface area contributed by atoms with Gasteiger partial charge in [-0.2, -0.15) is 0 Å². The van der Waals surface area contributed by atoms with Crippen LogP contribution in [0.1, 0.15) is 6.92 Å². The number of aromatic nitrogens is 1. The maximum Gasteiger partial charge on any atom is 0.269 e. The number of thioether (sulfide) groups is 1. The maximum absolute atomic E-state index is 12.4. The molecule has 3 aromatic carbocycles. The lowest BCUT2D eigenvalue weighted by Gasteiger charge is -2.06. The molecule has 10 heteroatoms. The van der Waals surface area contributed by atoms with Crippen molar-refractivity contribution < 1.29 is 14.5 Å². The van der Waals surface area contributed by atoms with Gasteiger partial charge in [-0.3, -0.25) is 14.9 Å². The first-order valence-electron chi connectivity index (χ1n) is 9.98. The van der Waals surface area contributed by atoms with Crippen molar-refractivity contribution in [2.45, 2.75) is 21.1 Å². The zero-order valence-electron chi connectivity index (χ0n) is 17.5. The Kier molecular flexibility index (Phi) is 7.48. The number of carbonyl (C=O) groups is 1. The Morgan fingerprint density at radius 3 is 2.45 bits per heavy atom. The number of benzene rings is 3. The number of thiazole rings is 1. The van der Waals surface area contributed by atoms with E-state index in [1.165, 1.54) is 35.7 Å². The highest BCUT2D eigenvalue weighted by atomic mass is 32.2. The molecule has 4 rings (SSSR count). The summed E-state index contributed by atoms with van der Waals surface area (Å²) in [6.07, 6.45) is 0. The summed E-state index contributed by atoms with van der Waals surface area (Å²) in [6, 6.07) is 19.7. The molecule has 0 bridgehead atoms. The third-order valence-electron chi connectivity index (χ3n) is 4.40. The van der Waals surface area contributed by atoms with Crippen LogP contribution in [0.5, 0.6) is 5.75 Å². The number of anilines is 1. The summed E-state index contributed by atoms with van der Waals surface area (Å²) < 4.78 is 7.39. The second-order valence-electron chi connectivity index (χ2n) is 6.76. The summed E-state index contributed by atoms with van der Waals surface area (Å²) in [6.45, 7) is 2.56. The van der Waals surface area contributed by atoms with Crippen molar-refractivity contribution in [1.82, 2.24) is 4.98 Å². The van der Waals surface area contributed by atoms with Crippen molar-refractivity contribution in [3.8, 4) is 5.75 Å². The van der Waals surface area contributed by atoms with Gasteiger partial charge in [0.05, 0.1) is 27.5 Å². The van der Waals surface area contributed by atoms with Crippen LogP contribution in [-0.2, 0) is 4.79 Å². The third kappa shape index (κ3) is 6.25. The van der Waals surface area contributed by atoms with Crippen molar-refractivity contribution in [3.05, 3.63) is 76.8 Å². The van der Waals surface area contributed by atoms with Crippen molar-refractivity contribution in [2.24, 2.45) is 0 Å². The van der Waals surface area contributed by atoms with E-state index in [1.807, 2.05) is 49.4 Å². The minimum absolute atomic E-state index is 0.0661. The molecular formula is C23H19N3O4S3. The fourth-order valence-corrected chi connectivity index (χ4v) is 5.62. The van der Waals surface area contributed by atoms with Gasteiger partial charge in [0.25, 0.3) is 5.69 Å². The average molecular weight is 498 g/mol. The van der Waals surface area contributed by atoms with Gasteiger partial charge in [0.15, 0.2) is 4.34 Å². The molecule has 0 fully saturated rings. The molecule has 1 amide bonds. The molecule has 0 aliphatic rings. The SMILES string of the molecule is CCOc1ccc2nc(SCC(=O)Nc3ccc(Sc4ccc([N+](=O)[O-])cc4)cc3)sc2c1. The first-order chi connectivity index (χ1) is 16.0. The van der Waals surface area contributed by atoms with Crippen LogP contribution in [0.25, 0.3) is 10.2 Å². The van der Waals surface area contributed by atoms with E-state index in [2.05, 4.69) is 10.3 Å². The number of nitro groups is 1. The minimum atomic E-state index is -0.417. The summed E-state index contributed by atoms with van der Waals surface area (Å²) >= 11 is 4.44. The zero-order chi connectivity index (χ0) is 23.2. The molecule has 33 heavy (non-hydrogen) atoms. The Hall–Kier alpha value is -3.08. The van der Waals surface area contributed by atoms with E-state index in [9.17, 15) is 14.9 Å². The standard InChI is InChI=1S/C23H19N3O4S3/c1-2-30-17-7-12-20-21(13-17)33-23(25-20)31-14-22(27)24-15-3-8-18(9-4-15)32-19-10-5-16(6-11-19)26(28)29/h3-13H,2,14H2,1H3,(H,24,27). The summed E-state index contributed by atoms with van der Waals surface area (Å²) in [5.74, 6) is 0.973. The number of nitrogens with one attached hydrogen (secondary N) is 1. The number of amides is 1. The van der Waals surface area contributed by atoms with Gasteiger partial charge in [-0.1, -0.05) is 23.5 Å². The normalized spacial score (nSPS) is 10.8. The highest BCUT2D eigenvalue weighted by molar-refractivity contribution is 8.01. The molecular weight excluding hydrogens is 478 g/mol. The van der Waals surface area contributed by atoms with Gasteiger partial charge in [0, 0.05) is 27.6 Å². The van der Waals surface area contributed by atoms with Gasteiger partial charge < -0.3 is 10.1 Å². The number of non-ortho nitro benzene ring substituents is 1. The lowest BCUT2D eigenvalue weighted by Crippen LogP contribution is -2.13. The van der Waals surface area contributed by atoms with E-state index < -0.39 is 4.92 Å². The predicted octanol–water partition coefficient (Wildman–Crippen LogP) is 6.49. The molecule has 0 saturated heterocycles. The summed E-state index contributed by atoms with van der Waals surface area (Å²) in [5.41, 5.74) is 1.67. The van der Waals surface area contributed by atoms with Gasteiger partial charge in [0.2, 0.25) is 5.91 Å². The zero-order valence-corrected chi connectivity index (χ0v) is 20.0. The van der Waals surface area contributed by atoms with Crippen LogP contribution in [0, 0.1) is 10.1 Å². The number of ether oxygens (including phenoxy) is 1. The largest absolute Gasteiger partial charge is 0.494 e. The molecule has 1 N–H and O–H groups in total. The molecule has 0 aliphatic heterocycles. The maximum atomic E-state index is 12.4. The Bertz CT molecular complexity index is 1270. The van der Waals surface area contributed by atoms with E-state index >= 15 is 0 Å². The van der Waals surface area contributed by atoms with Crippen LogP contribution in [0.3, 0.4) is 0 Å². The van der Waals surface area contributed by atoms with Gasteiger partial charge in [0.1, 0.15) is 5.75 Å². The topological polar surface area (TPSA) is 94.4 Å². The van der Waals surface area contributed by atoms with Crippen molar-refractivity contribution in [1.29, 1.82) is 0 Å². The molecule has 4 aromatic rings. The van der Waals surface area contributed by atoms with Crippen LogP contribution in [0.2, 0.25) is 0 Å². The summed E-state index contributed by atoms with van der Waals surface area (Å²) in [7, 11) is 0. The van der Waals surface area contributed by atoms with Crippen LogP contribution < -0.4 is 10.1 Å². The van der Waals surface area contributed by atoms with Gasteiger partial charge in [-0.25, -0.2) is 4.98 Å². The second-order valence-corrected chi connectivity index (χ2v) is 10.2. The lowest BCUT2D eigenvalue weighted by atomic mass is 10.3. The molecule has 0 aliphatic carbocycles. The molecule has 1 heterocycles. The van der Waals surface area contributed by atoms with E-state index in [0.717, 1.165) is 30.1 Å². The number of fused-ring (bicyclic) bond motifs is 1. The lowest BCUT2D eigenvalue weighted by molar-refractivity contribution is -0.384. The molecule has 168 valence electrons. The molecule has 7 nitrogen and oxygen atoms in total. The quantitative estimate of drug-likeness (QED) is 0.160. The number of carbonyl (C=O) groups excluding carboxylic acids is 1. The van der Waals surface area contributed by atoms with E-state index in [0.29, 0.717) is 12.3 Å². The molecule has 1 aromatic heterocycles. The highest BCUT2D eigenvalue weighted by Crippen LogP contribution is 2.32. The number of nitrogens with zero attached hydrogens (tertiary/aromatic N) is 2. The van der Waals surface area contributed by atoms with E-state index in [1.54, 1.807) is 23.5 Å². The number of hydrogen-bond acceptors (Lipinski definition) is 8. The minimum Gasteiger partial charge on any atom is -0.494 e. The Morgan fingerprint density at radius 1 is 1.09 bits per heavy atom. The second kappa shape index (κ2) is 10.7. The first kappa shape index (κ1) is 23.1. The molecule has 0 saturated carbocycles. The van der Waals surface area contributed by atoms with E-state index in [-0.39, 0.29) is 17.3 Å². The monoisotopic (exact) mass is 497 g/mol. The Labute approximate surface area is 202 Å². The number of nitro benzene ring substituents is 1. The summed E-state index contributed by atoms with van der Waals surface area (Å²) in [5, 5.41) is 13.6. The molecule has 0 radical (unpaired) electrons. The van der Waals surface area contributed by atoms with E-state index in [4.69, 9.17) is 4.74 Å². The average Bonchev–Trinajstić information content (AvgIpc) is 3.22. The fourth-order valence-electron chi connectivity index (χ4n) is 2.90. The van der Waals surface area contributed by atoms with Gasteiger partial charge >= 0.3 is 0 Å². The van der Waals surface area contributed by atoms with Crippen molar-refractivity contribution >= 4 is 62.4 Å². The summed E-state index contributed by atoms with van der Waals surface area (Å²) in [4.78, 5) is 29.1. The fraction of sp³-hybridized carbons (Fsp3) is 0.130. The van der Waals surface area contributed by atoms with Crippen molar-refractivity contribution in [3.63, 3.8) is 0 Å². The number of hydrogen-bond donors (Lipinski definition) is 1. The molecule has 0 spiro atoms. The van der Waals surface area contributed by atoms with Gasteiger partial charge in [-0.15, -0.1) is 11.3 Å².